The number of benzene rings is 1. The summed E-state index contributed by atoms with van der Waals surface area (Å²) in [4.78, 5) is 43.5. The van der Waals surface area contributed by atoms with Gasteiger partial charge in [0, 0.05) is 43.1 Å². The molecule has 4 rings (SSSR count). The normalized spacial score (nSPS) is 22.3. The van der Waals surface area contributed by atoms with Crippen molar-refractivity contribution >= 4 is 34.8 Å². The van der Waals surface area contributed by atoms with Crippen LogP contribution in [0.5, 0.6) is 0 Å². The Kier molecular flexibility index (Phi) is 8.19. The molecule has 3 unspecified atom stereocenters. The van der Waals surface area contributed by atoms with Crippen molar-refractivity contribution in [2.24, 2.45) is 17.8 Å². The predicted molar refractivity (Wildman–Crippen MR) is 135 cm³/mol. The van der Waals surface area contributed by atoms with Gasteiger partial charge in [0.2, 0.25) is 5.91 Å². The molecule has 1 fully saturated rings. The molecule has 0 saturated carbocycles. The zero-order valence-corrected chi connectivity index (χ0v) is 21.6. The van der Waals surface area contributed by atoms with E-state index in [1.54, 1.807) is 20.0 Å². The third-order valence-corrected chi connectivity index (χ3v) is 7.12. The van der Waals surface area contributed by atoms with Gasteiger partial charge in [-0.15, -0.1) is 0 Å². The van der Waals surface area contributed by atoms with Crippen LogP contribution in [0.25, 0.3) is 16.6 Å². The molecule has 0 spiro atoms. The van der Waals surface area contributed by atoms with Crippen molar-refractivity contribution in [3.8, 4) is 0 Å². The fraction of sp³-hybridized carbons (Fsp3) is 0.481. The van der Waals surface area contributed by atoms with Crippen molar-refractivity contribution in [2.45, 2.75) is 33.4 Å². The first kappa shape index (κ1) is 26.7. The first-order chi connectivity index (χ1) is 17.8. The van der Waals surface area contributed by atoms with Crippen molar-refractivity contribution in [3.05, 3.63) is 46.4 Å². The highest BCUT2D eigenvalue weighted by Crippen LogP contribution is 2.40. The molecule has 2 aliphatic rings. The summed E-state index contributed by atoms with van der Waals surface area (Å²) >= 11 is 0. The number of allylic oxidation sites excluding steroid dienone is 1. The van der Waals surface area contributed by atoms with E-state index in [9.17, 15) is 18.8 Å². The largest absolute Gasteiger partial charge is 0.465 e. The molecular weight excluding hydrogens is 479 g/mol. The Morgan fingerprint density at radius 1 is 1.38 bits per heavy atom. The average molecular weight is 513 g/mol. The van der Waals surface area contributed by atoms with Gasteiger partial charge in [-0.3, -0.25) is 14.9 Å². The van der Waals surface area contributed by atoms with Crippen molar-refractivity contribution in [2.75, 3.05) is 34.0 Å². The van der Waals surface area contributed by atoms with Crippen molar-refractivity contribution in [1.82, 2.24) is 20.5 Å². The van der Waals surface area contributed by atoms with Gasteiger partial charge in [0.05, 0.1) is 35.5 Å². The Labute approximate surface area is 215 Å². The molecule has 198 valence electrons. The van der Waals surface area contributed by atoms with E-state index in [-0.39, 0.29) is 50.1 Å². The van der Waals surface area contributed by atoms with Crippen LogP contribution in [0.15, 0.2) is 18.2 Å². The van der Waals surface area contributed by atoms with Gasteiger partial charge >= 0.3 is 5.97 Å². The lowest BCUT2D eigenvalue weighted by Crippen LogP contribution is -2.39. The molecule has 3 atom stereocenters. The smallest absolute Gasteiger partial charge is 0.309 e. The minimum absolute atomic E-state index is 0.0480. The number of cyclic esters (lactones) is 1. The summed E-state index contributed by atoms with van der Waals surface area (Å²) in [5.41, 5.74) is 4.16. The molecule has 3 heterocycles. The standard InChI is InChI=1S/C27H33FN4O5/c1-5-17-18(16(11-33)12-37-27(17)35)7-24-26-21(10-32(24)4)20(9-30-25(34)13-36-14-29-3)19-6-15(2)22(28)8-23(19)31-26/h6-8,11,16-18,29H,5,9-10,12-14H2,1-4H3,(H,30,34)/b24-7-. The Bertz CT molecular complexity index is 1250. The number of carbonyl (C=O) groups is 3. The van der Waals surface area contributed by atoms with E-state index in [4.69, 9.17) is 14.5 Å². The average Bonchev–Trinajstić information content (AvgIpc) is 3.18. The maximum atomic E-state index is 14.6. The third-order valence-electron chi connectivity index (χ3n) is 7.12. The fourth-order valence-electron chi connectivity index (χ4n) is 5.12. The maximum Gasteiger partial charge on any atom is 0.309 e. The fourth-order valence-corrected chi connectivity index (χ4v) is 5.12. The number of aryl methyl sites for hydroxylation is 1. The van der Waals surface area contributed by atoms with Gasteiger partial charge in [-0.2, -0.15) is 0 Å². The molecule has 10 heteroatoms. The molecule has 37 heavy (non-hydrogen) atoms. The summed E-state index contributed by atoms with van der Waals surface area (Å²) in [5, 5.41) is 6.49. The number of hydrogen-bond donors (Lipinski definition) is 2. The van der Waals surface area contributed by atoms with E-state index in [1.807, 2.05) is 24.9 Å². The third kappa shape index (κ3) is 5.35. The number of pyridine rings is 1. The summed E-state index contributed by atoms with van der Waals surface area (Å²) < 4.78 is 25.0. The van der Waals surface area contributed by atoms with Gasteiger partial charge in [-0.1, -0.05) is 13.0 Å². The lowest BCUT2D eigenvalue weighted by Gasteiger charge is -2.32. The van der Waals surface area contributed by atoms with Gasteiger partial charge < -0.3 is 24.5 Å². The highest BCUT2D eigenvalue weighted by Gasteiger charge is 2.39. The molecule has 1 amide bonds. The molecule has 1 saturated heterocycles. The summed E-state index contributed by atoms with van der Waals surface area (Å²) in [6, 6.07) is 3.16. The van der Waals surface area contributed by atoms with Gasteiger partial charge in [0.25, 0.3) is 0 Å². The van der Waals surface area contributed by atoms with Crippen LogP contribution in [0.3, 0.4) is 0 Å². The SMILES string of the molecule is CCC1C(=O)OCC(C=O)C1/C=C1/c2nc3cc(F)c(C)cc3c(CNC(=O)COCNC)c2CN1C. The highest BCUT2D eigenvalue weighted by molar-refractivity contribution is 5.89. The molecular formula is C27H33FN4O5. The monoisotopic (exact) mass is 512 g/mol. The van der Waals surface area contributed by atoms with E-state index in [0.29, 0.717) is 29.7 Å². The van der Waals surface area contributed by atoms with Crippen LogP contribution in [0.4, 0.5) is 4.39 Å². The van der Waals surface area contributed by atoms with Gasteiger partial charge in [-0.05, 0) is 37.6 Å². The number of carbonyl (C=O) groups excluding carboxylic acids is 3. The molecule has 2 aromatic rings. The van der Waals surface area contributed by atoms with E-state index in [2.05, 4.69) is 10.6 Å². The van der Waals surface area contributed by atoms with Crippen molar-refractivity contribution in [1.29, 1.82) is 0 Å². The van der Waals surface area contributed by atoms with E-state index in [1.165, 1.54) is 6.07 Å². The van der Waals surface area contributed by atoms with Gasteiger partial charge in [0.15, 0.2) is 0 Å². The van der Waals surface area contributed by atoms with Crippen LogP contribution >= 0.6 is 0 Å². The Morgan fingerprint density at radius 2 is 2.16 bits per heavy atom. The van der Waals surface area contributed by atoms with Crippen LogP contribution < -0.4 is 10.6 Å². The number of aldehydes is 1. The molecule has 1 aromatic carbocycles. The van der Waals surface area contributed by atoms with Crippen LogP contribution in [0.2, 0.25) is 0 Å². The van der Waals surface area contributed by atoms with Crippen molar-refractivity contribution < 1.29 is 28.2 Å². The van der Waals surface area contributed by atoms with E-state index in [0.717, 1.165) is 28.5 Å². The predicted octanol–water partition coefficient (Wildman–Crippen LogP) is 2.29. The van der Waals surface area contributed by atoms with E-state index >= 15 is 0 Å². The Balaban J connectivity index is 1.78. The lowest BCUT2D eigenvalue weighted by atomic mass is 9.78. The molecule has 0 bridgehead atoms. The van der Waals surface area contributed by atoms with Gasteiger partial charge in [-0.25, -0.2) is 9.37 Å². The number of fused-ring (bicyclic) bond motifs is 2. The molecule has 1 aromatic heterocycles. The number of esters is 1. The number of nitrogens with one attached hydrogen (secondary N) is 2. The highest BCUT2D eigenvalue weighted by atomic mass is 19.1. The van der Waals surface area contributed by atoms with E-state index < -0.39 is 11.8 Å². The molecule has 2 aliphatic heterocycles. The van der Waals surface area contributed by atoms with Crippen LogP contribution in [0.1, 0.15) is 35.7 Å². The number of nitrogens with zero attached hydrogens (tertiary/aromatic N) is 2. The van der Waals surface area contributed by atoms with Crippen molar-refractivity contribution in [3.63, 3.8) is 0 Å². The summed E-state index contributed by atoms with van der Waals surface area (Å²) in [6.07, 6.45) is 3.32. The number of aromatic nitrogens is 1. The van der Waals surface area contributed by atoms with Gasteiger partial charge in [0.1, 0.15) is 25.3 Å². The second-order valence-corrected chi connectivity index (χ2v) is 9.59. The quantitative estimate of drug-likeness (QED) is 0.228. The first-order valence-electron chi connectivity index (χ1n) is 12.4. The number of ether oxygens (including phenoxy) is 2. The number of amides is 1. The zero-order valence-electron chi connectivity index (χ0n) is 21.6. The summed E-state index contributed by atoms with van der Waals surface area (Å²) in [5.74, 6) is -2.18. The second kappa shape index (κ2) is 11.4. The van der Waals surface area contributed by atoms with Crippen LogP contribution in [-0.2, 0) is 36.9 Å². The summed E-state index contributed by atoms with van der Waals surface area (Å²) in [6.45, 7) is 4.55. The number of halogens is 1. The first-order valence-corrected chi connectivity index (χ1v) is 12.4. The minimum atomic E-state index is -0.454. The lowest BCUT2D eigenvalue weighted by molar-refractivity contribution is -0.160. The minimum Gasteiger partial charge on any atom is -0.465 e. The number of rotatable bonds is 9. The Hall–Kier alpha value is -3.37. The number of hydrogen-bond acceptors (Lipinski definition) is 8. The summed E-state index contributed by atoms with van der Waals surface area (Å²) in [7, 11) is 3.64. The molecule has 9 nitrogen and oxygen atoms in total. The second-order valence-electron chi connectivity index (χ2n) is 9.59. The maximum absolute atomic E-state index is 14.6. The van der Waals surface area contributed by atoms with Crippen LogP contribution in [-0.4, -0.2) is 62.1 Å². The molecule has 0 aliphatic carbocycles. The van der Waals surface area contributed by atoms with Crippen LogP contribution in [0, 0.1) is 30.5 Å². The molecule has 2 N–H and O–H groups in total. The Morgan fingerprint density at radius 3 is 2.86 bits per heavy atom. The topological polar surface area (TPSA) is 110 Å². The molecule has 0 radical (unpaired) electrons. The zero-order chi connectivity index (χ0) is 26.7.